The number of urea groups is 1. The fourth-order valence-electron chi connectivity index (χ4n) is 6.10. The van der Waals surface area contributed by atoms with E-state index in [4.69, 9.17) is 9.47 Å². The second-order valence-corrected chi connectivity index (χ2v) is 15.1. The first kappa shape index (κ1) is 36.6. The van der Waals surface area contributed by atoms with Crippen molar-refractivity contribution in [1.29, 1.82) is 0 Å². The van der Waals surface area contributed by atoms with Crippen LogP contribution in [0.4, 0.5) is 10.5 Å². The fourth-order valence-corrected chi connectivity index (χ4v) is 7.24. The Morgan fingerprint density at radius 3 is 2.55 bits per heavy atom. The van der Waals surface area contributed by atoms with Gasteiger partial charge in [-0.1, -0.05) is 26.2 Å². The number of likely N-dealkylation sites (N-methyl/N-ethyl adjacent to an activating group) is 1. The maximum atomic E-state index is 14.3. The first-order valence-electron chi connectivity index (χ1n) is 16.7. The van der Waals surface area contributed by atoms with Gasteiger partial charge >= 0.3 is 6.03 Å². The summed E-state index contributed by atoms with van der Waals surface area (Å²) >= 11 is 0. The number of carbonyl (C=O) groups is 2. The van der Waals surface area contributed by atoms with Gasteiger partial charge in [0.25, 0.3) is 15.9 Å². The van der Waals surface area contributed by atoms with Gasteiger partial charge in [0.2, 0.25) is 0 Å². The summed E-state index contributed by atoms with van der Waals surface area (Å²) < 4.78 is 42.0. The summed E-state index contributed by atoms with van der Waals surface area (Å²) in [5.74, 6) is -0.292. The molecule has 1 saturated carbocycles. The van der Waals surface area contributed by atoms with E-state index in [1.807, 2.05) is 13.8 Å². The number of carbonyl (C=O) groups excluding carboxylic acids is 2. The van der Waals surface area contributed by atoms with Crippen LogP contribution >= 0.6 is 0 Å². The summed E-state index contributed by atoms with van der Waals surface area (Å²) in [5, 5.41) is 16.1. The maximum Gasteiger partial charge on any atom is 0.319 e. The number of ether oxygens (including phenoxy) is 2. The Kier molecular flexibility index (Phi) is 13.1. The van der Waals surface area contributed by atoms with Crippen LogP contribution in [0.2, 0.25) is 0 Å². The van der Waals surface area contributed by atoms with Crippen molar-refractivity contribution >= 4 is 27.6 Å². The number of hydrogen-bond donors (Lipinski definition) is 3. The number of nitrogens with one attached hydrogen (secondary N) is 2. The zero-order valence-corrected chi connectivity index (χ0v) is 29.2. The number of imidazole rings is 1. The molecule has 13 nitrogen and oxygen atoms in total. The predicted octanol–water partition coefficient (Wildman–Crippen LogP) is 3.99. The zero-order valence-electron chi connectivity index (χ0n) is 28.4. The number of hydrogen-bond acceptors (Lipinski definition) is 8. The van der Waals surface area contributed by atoms with Crippen LogP contribution in [0.1, 0.15) is 82.5 Å². The standard InChI is InChI=1S/C33H52N6O7S/c1-23-18-39(24(2)21-40)32(41)28-17-27(36-33(42)35-26-12-7-6-8-13-26)14-15-29(28)46-25(3)11-9-10-16-45-30(23)19-38(5)47(43,44)31-20-37(4)22-34-31/h14-15,17,20,22-26,30,40H,6-13,16,18-19,21H2,1-5H3,(H2,35,36,42)/t23-,24-,25+,30-/m0/s1. The van der Waals surface area contributed by atoms with Gasteiger partial charge < -0.3 is 34.7 Å². The van der Waals surface area contributed by atoms with Crippen molar-refractivity contribution in [2.45, 2.75) is 101 Å². The van der Waals surface area contributed by atoms with Crippen LogP contribution in [0.5, 0.6) is 5.75 Å². The Hall–Kier alpha value is -3.20. The number of aromatic nitrogens is 2. The number of sulfonamides is 1. The van der Waals surface area contributed by atoms with E-state index < -0.39 is 22.2 Å². The van der Waals surface area contributed by atoms with E-state index in [-0.39, 0.29) is 60.3 Å². The highest BCUT2D eigenvalue weighted by Crippen LogP contribution is 2.29. The number of nitrogens with zero attached hydrogens (tertiary/aromatic N) is 4. The van der Waals surface area contributed by atoms with E-state index >= 15 is 0 Å². The fraction of sp³-hybridized carbons (Fsp3) is 0.667. The molecule has 1 fully saturated rings. The molecule has 1 aromatic heterocycles. The Labute approximate surface area is 279 Å². The first-order chi connectivity index (χ1) is 22.4. The zero-order chi connectivity index (χ0) is 34.1. The van der Waals surface area contributed by atoms with Crippen molar-refractivity contribution < 1.29 is 32.6 Å². The topological polar surface area (TPSA) is 155 Å². The molecule has 47 heavy (non-hydrogen) atoms. The maximum absolute atomic E-state index is 14.3. The molecule has 1 aliphatic heterocycles. The molecule has 0 radical (unpaired) electrons. The smallest absolute Gasteiger partial charge is 0.319 e. The van der Waals surface area contributed by atoms with Crippen molar-refractivity contribution in [2.24, 2.45) is 13.0 Å². The quantitative estimate of drug-likeness (QED) is 0.379. The van der Waals surface area contributed by atoms with Crippen LogP contribution in [0, 0.1) is 5.92 Å². The van der Waals surface area contributed by atoms with Gasteiger partial charge in [-0.3, -0.25) is 4.79 Å². The number of fused-ring (bicyclic) bond motifs is 1. The third-order valence-corrected chi connectivity index (χ3v) is 10.8. The number of rotatable bonds is 8. The number of aliphatic hydroxyl groups is 1. The van der Waals surface area contributed by atoms with Crippen LogP contribution in [-0.4, -0.2) is 102 Å². The highest BCUT2D eigenvalue weighted by Gasteiger charge is 2.33. The first-order valence-corrected chi connectivity index (χ1v) is 18.2. The summed E-state index contributed by atoms with van der Waals surface area (Å²) in [6, 6.07) is 4.30. The van der Waals surface area contributed by atoms with Crippen LogP contribution in [0.3, 0.4) is 0 Å². The molecule has 262 valence electrons. The summed E-state index contributed by atoms with van der Waals surface area (Å²) in [6.07, 6.45) is 9.67. The SMILES string of the molecule is C[C@@H]1CCCCO[C@@H](CN(C)S(=O)(=O)c2cn(C)cn2)[C@@H](C)CN([C@@H](C)CO)C(=O)c2cc(NC(=O)NC3CCCCC3)ccc2O1. The van der Waals surface area contributed by atoms with Gasteiger partial charge in [-0.15, -0.1) is 0 Å². The van der Waals surface area contributed by atoms with Crippen molar-refractivity contribution in [3.05, 3.63) is 36.3 Å². The average Bonchev–Trinajstić information content (AvgIpc) is 3.49. The third kappa shape index (κ3) is 9.91. The van der Waals surface area contributed by atoms with Crippen molar-refractivity contribution in [1.82, 2.24) is 24.1 Å². The molecule has 2 aromatic rings. The minimum Gasteiger partial charge on any atom is -0.490 e. The summed E-state index contributed by atoms with van der Waals surface area (Å²) in [4.78, 5) is 32.8. The number of aryl methyl sites for hydroxylation is 1. The minimum atomic E-state index is -3.87. The van der Waals surface area contributed by atoms with Crippen LogP contribution in [0.25, 0.3) is 0 Å². The molecule has 1 aromatic carbocycles. The van der Waals surface area contributed by atoms with E-state index in [9.17, 15) is 23.1 Å². The van der Waals surface area contributed by atoms with E-state index in [0.29, 0.717) is 24.5 Å². The summed E-state index contributed by atoms with van der Waals surface area (Å²) in [5.41, 5.74) is 0.721. The minimum absolute atomic E-state index is 0.0515. The third-order valence-electron chi connectivity index (χ3n) is 9.04. The molecular weight excluding hydrogens is 624 g/mol. The molecule has 1 aliphatic carbocycles. The molecule has 4 atom stereocenters. The van der Waals surface area contributed by atoms with E-state index in [2.05, 4.69) is 15.6 Å². The lowest BCUT2D eigenvalue weighted by atomic mass is 9.96. The molecule has 0 bridgehead atoms. The van der Waals surface area contributed by atoms with Gasteiger partial charge in [-0.25, -0.2) is 18.2 Å². The number of amides is 3. The highest BCUT2D eigenvalue weighted by atomic mass is 32.2. The lowest BCUT2D eigenvalue weighted by Crippen LogP contribution is -2.48. The largest absolute Gasteiger partial charge is 0.490 e. The van der Waals surface area contributed by atoms with Crippen LogP contribution in [0.15, 0.2) is 35.7 Å². The van der Waals surface area contributed by atoms with Gasteiger partial charge in [0, 0.05) is 57.6 Å². The Morgan fingerprint density at radius 2 is 1.87 bits per heavy atom. The Balaban J connectivity index is 1.60. The second kappa shape index (κ2) is 16.8. The Bertz CT molecular complexity index is 1440. The second-order valence-electron chi connectivity index (χ2n) is 13.1. The molecule has 4 rings (SSSR count). The lowest BCUT2D eigenvalue weighted by molar-refractivity contribution is -0.00835. The molecule has 2 heterocycles. The summed E-state index contributed by atoms with van der Waals surface area (Å²) in [7, 11) is -0.669. The van der Waals surface area contributed by atoms with Gasteiger partial charge in [-0.2, -0.15) is 4.31 Å². The molecule has 0 spiro atoms. The van der Waals surface area contributed by atoms with Gasteiger partial charge in [-0.05, 0) is 64.2 Å². The molecular formula is C33H52N6O7S. The van der Waals surface area contributed by atoms with Crippen LogP contribution < -0.4 is 15.4 Å². The van der Waals surface area contributed by atoms with E-state index in [1.165, 1.54) is 30.3 Å². The van der Waals surface area contributed by atoms with Gasteiger partial charge in [0.05, 0.1) is 36.7 Å². The van der Waals surface area contributed by atoms with E-state index in [1.54, 1.807) is 41.6 Å². The molecule has 3 amide bonds. The predicted molar refractivity (Wildman–Crippen MR) is 179 cm³/mol. The number of benzene rings is 1. The normalized spacial score (nSPS) is 23.0. The van der Waals surface area contributed by atoms with Crippen molar-refractivity contribution in [3.8, 4) is 5.75 Å². The molecule has 14 heteroatoms. The van der Waals surface area contributed by atoms with E-state index in [0.717, 1.165) is 38.5 Å². The molecule has 2 aliphatic rings. The summed E-state index contributed by atoms with van der Waals surface area (Å²) in [6.45, 7) is 5.97. The lowest BCUT2D eigenvalue weighted by Gasteiger charge is -2.35. The molecule has 0 unspecified atom stereocenters. The number of anilines is 1. The average molecular weight is 677 g/mol. The van der Waals surface area contributed by atoms with Gasteiger partial charge in [0.1, 0.15) is 5.75 Å². The number of aliphatic hydroxyl groups excluding tert-OH is 1. The van der Waals surface area contributed by atoms with Crippen molar-refractivity contribution in [3.63, 3.8) is 0 Å². The van der Waals surface area contributed by atoms with Gasteiger partial charge in [0.15, 0.2) is 5.03 Å². The molecule has 3 N–H and O–H groups in total. The van der Waals surface area contributed by atoms with Crippen molar-refractivity contribution in [2.75, 3.05) is 38.7 Å². The van der Waals surface area contributed by atoms with Crippen LogP contribution in [-0.2, 0) is 21.8 Å². The Morgan fingerprint density at radius 1 is 1.15 bits per heavy atom. The highest BCUT2D eigenvalue weighted by molar-refractivity contribution is 7.89. The molecule has 0 saturated heterocycles. The monoisotopic (exact) mass is 676 g/mol.